The Morgan fingerprint density at radius 1 is 1.21 bits per heavy atom. The number of benzene rings is 1. The smallest absolute Gasteiger partial charge is 0.256 e. The molecule has 0 bridgehead atoms. The molecule has 1 N–H and O–H groups in total. The van der Waals surface area contributed by atoms with Gasteiger partial charge < -0.3 is 14.8 Å². The van der Waals surface area contributed by atoms with E-state index < -0.39 is 0 Å². The maximum atomic E-state index is 12.4. The maximum Gasteiger partial charge on any atom is 0.256 e. The number of thioether (sulfide) groups is 1. The molecule has 1 atom stereocenters. The number of rotatable bonds is 5. The minimum Gasteiger partial charge on any atom is -0.486 e. The molecule has 2 aromatic heterocycles. The van der Waals surface area contributed by atoms with Gasteiger partial charge in [-0.05, 0) is 44.5 Å². The Morgan fingerprint density at radius 3 is 2.82 bits per heavy atom. The number of carbonyl (C=O) groups is 1. The molecule has 0 spiro atoms. The summed E-state index contributed by atoms with van der Waals surface area (Å²) in [6.45, 7) is 6.92. The minimum absolute atomic E-state index is 0.0816. The second kappa shape index (κ2) is 7.67. The number of ether oxygens (including phenoxy) is 2. The summed E-state index contributed by atoms with van der Waals surface area (Å²) in [6, 6.07) is 7.54. The third-order valence-electron chi connectivity index (χ3n) is 4.44. The van der Waals surface area contributed by atoms with Crippen LogP contribution in [0.2, 0.25) is 0 Å². The molecule has 28 heavy (non-hydrogen) atoms. The average molecular weight is 399 g/mol. The van der Waals surface area contributed by atoms with Crippen LogP contribution in [-0.4, -0.2) is 44.5 Å². The van der Waals surface area contributed by atoms with Crippen molar-refractivity contribution in [3.8, 4) is 11.5 Å². The average Bonchev–Trinajstić information content (AvgIpc) is 3.09. The Kier molecular flexibility index (Phi) is 5.08. The second-order valence-electron chi connectivity index (χ2n) is 6.64. The number of hydrogen-bond donors (Lipinski definition) is 1. The third-order valence-corrected chi connectivity index (χ3v) is 5.37. The van der Waals surface area contributed by atoms with E-state index in [0.29, 0.717) is 29.9 Å². The summed E-state index contributed by atoms with van der Waals surface area (Å²) in [5, 5.41) is 11.9. The Balaban J connectivity index is 1.39. The highest BCUT2D eigenvalue weighted by Gasteiger charge is 2.17. The number of carbonyl (C=O) groups excluding carboxylic acids is 1. The van der Waals surface area contributed by atoms with Gasteiger partial charge in [-0.3, -0.25) is 9.20 Å². The molecule has 0 aliphatic carbocycles. The Morgan fingerprint density at radius 2 is 2.00 bits per heavy atom. The number of nitrogens with one attached hydrogen (secondary N) is 1. The lowest BCUT2D eigenvalue weighted by atomic mass is 10.1. The van der Waals surface area contributed by atoms with Gasteiger partial charge in [0.1, 0.15) is 13.2 Å². The van der Waals surface area contributed by atoms with Crippen molar-refractivity contribution in [1.82, 2.24) is 24.9 Å². The minimum atomic E-state index is -0.148. The van der Waals surface area contributed by atoms with Crippen LogP contribution < -0.4 is 14.8 Å². The lowest BCUT2D eigenvalue weighted by molar-refractivity contribution is -0.119. The van der Waals surface area contributed by atoms with Gasteiger partial charge in [0.05, 0.1) is 11.8 Å². The quantitative estimate of drug-likeness (QED) is 0.659. The molecule has 3 aromatic rings. The van der Waals surface area contributed by atoms with E-state index in [-0.39, 0.29) is 17.7 Å². The molecule has 1 aromatic carbocycles. The molecule has 1 aliphatic heterocycles. The summed E-state index contributed by atoms with van der Waals surface area (Å²) in [5.74, 6) is 2.16. The van der Waals surface area contributed by atoms with Crippen molar-refractivity contribution in [2.24, 2.45) is 0 Å². The normalized spacial score (nSPS) is 14.1. The van der Waals surface area contributed by atoms with Gasteiger partial charge in [-0.15, -0.1) is 10.2 Å². The molecule has 8 nitrogen and oxygen atoms in total. The molecule has 3 heterocycles. The first-order chi connectivity index (χ1) is 13.5. The van der Waals surface area contributed by atoms with Gasteiger partial charge in [-0.25, -0.2) is 4.98 Å². The zero-order chi connectivity index (χ0) is 19.7. The lowest BCUT2D eigenvalue weighted by Crippen LogP contribution is -2.28. The topological polar surface area (TPSA) is 90.6 Å². The van der Waals surface area contributed by atoms with Crippen LogP contribution >= 0.6 is 11.8 Å². The van der Waals surface area contributed by atoms with Gasteiger partial charge in [0.2, 0.25) is 5.91 Å². The van der Waals surface area contributed by atoms with E-state index in [0.717, 1.165) is 22.7 Å². The van der Waals surface area contributed by atoms with Gasteiger partial charge >= 0.3 is 0 Å². The highest BCUT2D eigenvalue weighted by Crippen LogP contribution is 2.32. The highest BCUT2D eigenvalue weighted by atomic mass is 32.2. The molecule has 0 unspecified atom stereocenters. The molecule has 0 saturated carbocycles. The SMILES string of the molecule is Cc1cc(C)n2c(SCC(=O)N[C@@H](C)c3ccc4c(c3)OCCO4)nnc2n1. The molecule has 0 radical (unpaired) electrons. The molecular formula is C19H21N5O3S. The van der Waals surface area contributed by atoms with Gasteiger partial charge in [-0.1, -0.05) is 17.8 Å². The fraction of sp³-hybridized carbons (Fsp3) is 0.368. The molecular weight excluding hydrogens is 378 g/mol. The van der Waals surface area contributed by atoms with E-state index in [9.17, 15) is 4.79 Å². The van der Waals surface area contributed by atoms with Crippen LogP contribution in [0.25, 0.3) is 5.78 Å². The number of aryl methyl sites for hydroxylation is 2. The van der Waals surface area contributed by atoms with Crippen molar-refractivity contribution < 1.29 is 14.3 Å². The van der Waals surface area contributed by atoms with Gasteiger partial charge in [0.25, 0.3) is 5.78 Å². The van der Waals surface area contributed by atoms with Crippen LogP contribution in [0.1, 0.15) is 29.9 Å². The predicted octanol–water partition coefficient (Wildman–Crippen LogP) is 2.48. The zero-order valence-electron chi connectivity index (χ0n) is 15.9. The molecule has 4 rings (SSSR count). The van der Waals surface area contributed by atoms with Gasteiger partial charge in [0, 0.05) is 11.4 Å². The van der Waals surface area contributed by atoms with Crippen molar-refractivity contribution >= 4 is 23.4 Å². The second-order valence-corrected chi connectivity index (χ2v) is 7.58. The van der Waals surface area contributed by atoms with E-state index in [4.69, 9.17) is 9.47 Å². The van der Waals surface area contributed by atoms with Crippen molar-refractivity contribution in [3.05, 3.63) is 41.2 Å². The Labute approximate surface area is 166 Å². The van der Waals surface area contributed by atoms with Crippen LogP contribution in [0.4, 0.5) is 0 Å². The van der Waals surface area contributed by atoms with E-state index in [2.05, 4.69) is 20.5 Å². The van der Waals surface area contributed by atoms with Crippen LogP contribution in [0.3, 0.4) is 0 Å². The summed E-state index contributed by atoms with van der Waals surface area (Å²) >= 11 is 1.34. The van der Waals surface area contributed by atoms with Gasteiger partial charge in [-0.2, -0.15) is 0 Å². The molecule has 0 fully saturated rings. The van der Waals surface area contributed by atoms with E-state index in [1.54, 1.807) is 0 Å². The predicted molar refractivity (Wildman–Crippen MR) is 105 cm³/mol. The summed E-state index contributed by atoms with van der Waals surface area (Å²) in [4.78, 5) is 16.8. The lowest BCUT2D eigenvalue weighted by Gasteiger charge is -2.21. The standard InChI is InChI=1S/C19H21N5O3S/c1-11-8-12(2)24-18(20-11)22-23-19(24)28-10-17(25)21-13(3)14-4-5-15-16(9-14)27-7-6-26-15/h4-5,8-9,13H,6-7,10H2,1-3H3,(H,21,25)/t13-/m0/s1. The van der Waals surface area contributed by atoms with Crippen molar-refractivity contribution in [1.29, 1.82) is 0 Å². The summed E-state index contributed by atoms with van der Waals surface area (Å²) < 4.78 is 13.0. The fourth-order valence-corrected chi connectivity index (χ4v) is 3.92. The first-order valence-corrected chi connectivity index (χ1v) is 10.0. The highest BCUT2D eigenvalue weighted by molar-refractivity contribution is 7.99. The molecule has 1 aliphatic rings. The summed E-state index contributed by atoms with van der Waals surface area (Å²) in [5.41, 5.74) is 2.84. The van der Waals surface area contributed by atoms with Gasteiger partial charge in [0.15, 0.2) is 16.7 Å². The monoisotopic (exact) mass is 399 g/mol. The molecule has 146 valence electrons. The van der Waals surface area contributed by atoms with Crippen LogP contribution in [0, 0.1) is 13.8 Å². The number of fused-ring (bicyclic) bond motifs is 2. The number of hydrogen-bond acceptors (Lipinski definition) is 7. The molecule has 9 heteroatoms. The first kappa shape index (κ1) is 18.5. The van der Waals surface area contributed by atoms with E-state index in [1.165, 1.54) is 11.8 Å². The number of amides is 1. The van der Waals surface area contributed by atoms with Crippen LogP contribution in [0.15, 0.2) is 29.4 Å². The largest absolute Gasteiger partial charge is 0.486 e. The molecule has 0 saturated heterocycles. The van der Waals surface area contributed by atoms with Crippen molar-refractivity contribution in [2.45, 2.75) is 32.0 Å². The van der Waals surface area contributed by atoms with E-state index >= 15 is 0 Å². The van der Waals surface area contributed by atoms with Crippen molar-refractivity contribution in [2.75, 3.05) is 19.0 Å². The Hall–Kier alpha value is -2.81. The Bertz CT molecular complexity index is 1040. The number of nitrogens with zero attached hydrogens (tertiary/aromatic N) is 4. The van der Waals surface area contributed by atoms with Crippen molar-refractivity contribution in [3.63, 3.8) is 0 Å². The third kappa shape index (κ3) is 3.75. The fourth-order valence-electron chi connectivity index (χ4n) is 3.12. The van der Waals surface area contributed by atoms with Crippen LogP contribution in [-0.2, 0) is 4.79 Å². The zero-order valence-corrected chi connectivity index (χ0v) is 16.7. The maximum absolute atomic E-state index is 12.4. The summed E-state index contributed by atoms with van der Waals surface area (Å²) in [6.07, 6.45) is 0. The first-order valence-electron chi connectivity index (χ1n) is 9.02. The number of aromatic nitrogens is 4. The molecule has 1 amide bonds. The van der Waals surface area contributed by atoms with E-state index in [1.807, 2.05) is 49.4 Å². The van der Waals surface area contributed by atoms with Crippen LogP contribution in [0.5, 0.6) is 11.5 Å². The summed E-state index contributed by atoms with van der Waals surface area (Å²) in [7, 11) is 0.